The van der Waals surface area contributed by atoms with E-state index in [2.05, 4.69) is 37.3 Å². The second-order valence-electron chi connectivity index (χ2n) is 4.32. The number of carbonyl (C=O) groups is 1. The van der Waals surface area contributed by atoms with Gasteiger partial charge >= 0.3 is 0 Å². The third-order valence-electron chi connectivity index (χ3n) is 3.04. The molecule has 2 rings (SSSR count). The smallest absolute Gasteiger partial charge is 0.136 e. The summed E-state index contributed by atoms with van der Waals surface area (Å²) in [5.41, 5.74) is 3.89. The molecule has 1 atom stereocenters. The molecule has 0 aliphatic heterocycles. The summed E-state index contributed by atoms with van der Waals surface area (Å²) in [6, 6.07) is 8.49. The van der Waals surface area contributed by atoms with Gasteiger partial charge in [0.05, 0.1) is 0 Å². The van der Waals surface area contributed by atoms with Crippen molar-refractivity contribution in [3.63, 3.8) is 0 Å². The molecule has 0 spiro atoms. The Morgan fingerprint density at radius 2 is 2.20 bits per heavy atom. The lowest BCUT2D eigenvalue weighted by molar-refractivity contribution is -0.119. The average Bonchev–Trinajstić information content (AvgIpc) is 2.66. The van der Waals surface area contributed by atoms with Gasteiger partial charge in [-0.3, -0.25) is 4.79 Å². The molecule has 0 fully saturated rings. The number of aryl methyl sites for hydroxylation is 1. The highest BCUT2D eigenvalue weighted by Crippen LogP contribution is 2.32. The lowest BCUT2D eigenvalue weighted by atomic mass is 10.0. The van der Waals surface area contributed by atoms with Gasteiger partial charge in [-0.1, -0.05) is 35.9 Å². The number of Topliss-reactive ketones (excluding diaryl/α,β-unsaturated/α-hetero) is 1. The molecule has 1 heteroatoms. The zero-order chi connectivity index (χ0) is 10.8. The molecule has 0 N–H and O–H groups in total. The lowest BCUT2D eigenvalue weighted by Crippen LogP contribution is -2.03. The first-order chi connectivity index (χ1) is 7.16. The minimum Gasteiger partial charge on any atom is -0.299 e. The third-order valence-corrected chi connectivity index (χ3v) is 3.04. The molecule has 0 radical (unpaired) electrons. The SMILES string of the molecule is CC(=O)[C@H]1C=C(c2cccc(C)c2)CC1. The molecule has 0 aromatic heterocycles. The highest BCUT2D eigenvalue weighted by Gasteiger charge is 2.19. The summed E-state index contributed by atoms with van der Waals surface area (Å²) in [5, 5.41) is 0. The van der Waals surface area contributed by atoms with E-state index < -0.39 is 0 Å². The summed E-state index contributed by atoms with van der Waals surface area (Å²) in [4.78, 5) is 11.2. The first-order valence-electron chi connectivity index (χ1n) is 5.45. The van der Waals surface area contributed by atoms with Crippen LogP contribution >= 0.6 is 0 Å². The Morgan fingerprint density at radius 3 is 2.80 bits per heavy atom. The summed E-state index contributed by atoms with van der Waals surface area (Å²) < 4.78 is 0. The van der Waals surface area contributed by atoms with Crippen molar-refractivity contribution in [2.75, 3.05) is 0 Å². The maximum atomic E-state index is 11.2. The molecule has 0 unspecified atom stereocenters. The summed E-state index contributed by atoms with van der Waals surface area (Å²) in [7, 11) is 0. The van der Waals surface area contributed by atoms with Crippen molar-refractivity contribution in [3.8, 4) is 0 Å². The van der Waals surface area contributed by atoms with Gasteiger partial charge in [0.2, 0.25) is 0 Å². The van der Waals surface area contributed by atoms with Crippen LogP contribution in [0.15, 0.2) is 30.3 Å². The highest BCUT2D eigenvalue weighted by atomic mass is 16.1. The van der Waals surface area contributed by atoms with Gasteiger partial charge in [-0.25, -0.2) is 0 Å². The quantitative estimate of drug-likeness (QED) is 0.715. The molecular formula is C14H16O. The number of hydrogen-bond donors (Lipinski definition) is 0. The summed E-state index contributed by atoms with van der Waals surface area (Å²) in [5.74, 6) is 0.443. The second-order valence-corrected chi connectivity index (χ2v) is 4.32. The average molecular weight is 200 g/mol. The maximum Gasteiger partial charge on any atom is 0.136 e. The Morgan fingerprint density at radius 1 is 1.40 bits per heavy atom. The first-order valence-corrected chi connectivity index (χ1v) is 5.45. The van der Waals surface area contributed by atoms with Crippen LogP contribution in [0.5, 0.6) is 0 Å². The van der Waals surface area contributed by atoms with Crippen LogP contribution in [0.3, 0.4) is 0 Å². The van der Waals surface area contributed by atoms with Crippen LogP contribution in [0.1, 0.15) is 30.9 Å². The van der Waals surface area contributed by atoms with Crippen LogP contribution in [0.4, 0.5) is 0 Å². The van der Waals surface area contributed by atoms with E-state index in [0.29, 0.717) is 0 Å². The van der Waals surface area contributed by atoms with Gasteiger partial charge in [0, 0.05) is 5.92 Å². The third kappa shape index (κ3) is 2.17. The minimum atomic E-state index is 0.153. The van der Waals surface area contributed by atoms with Crippen molar-refractivity contribution in [3.05, 3.63) is 41.5 Å². The molecule has 15 heavy (non-hydrogen) atoms. The van der Waals surface area contributed by atoms with Crippen LogP contribution < -0.4 is 0 Å². The fourth-order valence-corrected chi connectivity index (χ4v) is 2.13. The number of allylic oxidation sites excluding steroid dienone is 2. The van der Waals surface area contributed by atoms with Gasteiger partial charge in [0.25, 0.3) is 0 Å². The normalized spacial score (nSPS) is 20.1. The zero-order valence-electron chi connectivity index (χ0n) is 9.29. The molecule has 1 aromatic carbocycles. The number of ketones is 1. The van der Waals surface area contributed by atoms with Gasteiger partial charge < -0.3 is 0 Å². The van der Waals surface area contributed by atoms with Crippen molar-refractivity contribution in [1.82, 2.24) is 0 Å². The Bertz CT molecular complexity index is 415. The zero-order valence-corrected chi connectivity index (χ0v) is 9.29. The largest absolute Gasteiger partial charge is 0.299 e. The van der Waals surface area contributed by atoms with Gasteiger partial charge in [0.1, 0.15) is 5.78 Å². The monoisotopic (exact) mass is 200 g/mol. The van der Waals surface area contributed by atoms with Gasteiger partial charge in [-0.15, -0.1) is 0 Å². The summed E-state index contributed by atoms with van der Waals surface area (Å²) in [6.07, 6.45) is 4.16. The molecule has 1 aliphatic carbocycles. The van der Waals surface area contributed by atoms with Crippen molar-refractivity contribution in [1.29, 1.82) is 0 Å². The van der Waals surface area contributed by atoms with Crippen molar-refractivity contribution < 1.29 is 4.79 Å². The van der Waals surface area contributed by atoms with Crippen molar-refractivity contribution in [2.24, 2.45) is 5.92 Å². The fourth-order valence-electron chi connectivity index (χ4n) is 2.13. The molecule has 1 aliphatic rings. The van der Waals surface area contributed by atoms with E-state index in [1.54, 1.807) is 6.92 Å². The van der Waals surface area contributed by atoms with Crippen LogP contribution in [-0.2, 0) is 4.79 Å². The predicted octanol–water partition coefficient (Wildman–Crippen LogP) is 3.38. The standard InChI is InChI=1S/C14H16O/c1-10-4-3-5-13(8-10)14-7-6-12(9-14)11(2)15/h3-5,8-9,12H,6-7H2,1-2H3/t12-/m1/s1. The Kier molecular flexibility index (Phi) is 2.72. The predicted molar refractivity (Wildman–Crippen MR) is 62.6 cm³/mol. The number of carbonyl (C=O) groups excluding carboxylic acids is 1. The van der Waals surface area contributed by atoms with E-state index in [1.807, 2.05) is 0 Å². The van der Waals surface area contributed by atoms with E-state index in [1.165, 1.54) is 16.7 Å². The molecule has 0 bridgehead atoms. The van der Waals surface area contributed by atoms with Gasteiger partial charge in [-0.2, -0.15) is 0 Å². The molecule has 0 saturated heterocycles. The number of hydrogen-bond acceptors (Lipinski definition) is 1. The molecule has 0 amide bonds. The number of rotatable bonds is 2. The van der Waals surface area contributed by atoms with Gasteiger partial charge in [0.15, 0.2) is 0 Å². The number of benzene rings is 1. The van der Waals surface area contributed by atoms with Crippen LogP contribution in [-0.4, -0.2) is 5.78 Å². The van der Waals surface area contributed by atoms with Gasteiger partial charge in [-0.05, 0) is 37.8 Å². The van der Waals surface area contributed by atoms with Crippen LogP contribution in [0.25, 0.3) is 5.57 Å². The lowest BCUT2D eigenvalue weighted by Gasteiger charge is -2.02. The summed E-state index contributed by atoms with van der Waals surface area (Å²) in [6.45, 7) is 3.78. The minimum absolute atomic E-state index is 0.153. The van der Waals surface area contributed by atoms with Crippen LogP contribution in [0.2, 0.25) is 0 Å². The van der Waals surface area contributed by atoms with E-state index in [4.69, 9.17) is 0 Å². The molecule has 1 aromatic rings. The Labute approximate surface area is 90.8 Å². The van der Waals surface area contributed by atoms with E-state index >= 15 is 0 Å². The molecule has 0 saturated carbocycles. The first kappa shape index (κ1) is 10.2. The Balaban J connectivity index is 2.26. The molecule has 0 heterocycles. The van der Waals surface area contributed by atoms with Crippen LogP contribution in [0, 0.1) is 12.8 Å². The van der Waals surface area contributed by atoms with Crippen molar-refractivity contribution >= 4 is 11.4 Å². The van der Waals surface area contributed by atoms with Crippen molar-refractivity contribution in [2.45, 2.75) is 26.7 Å². The van der Waals surface area contributed by atoms with E-state index in [9.17, 15) is 4.79 Å². The summed E-state index contributed by atoms with van der Waals surface area (Å²) >= 11 is 0. The van der Waals surface area contributed by atoms with E-state index in [-0.39, 0.29) is 11.7 Å². The molecule has 1 nitrogen and oxygen atoms in total. The topological polar surface area (TPSA) is 17.1 Å². The molecule has 78 valence electrons. The maximum absolute atomic E-state index is 11.2. The molecular weight excluding hydrogens is 184 g/mol. The second kappa shape index (κ2) is 4.01. The Hall–Kier alpha value is -1.37. The fraction of sp³-hybridized carbons (Fsp3) is 0.357. The van der Waals surface area contributed by atoms with E-state index in [0.717, 1.165) is 12.8 Å². The highest BCUT2D eigenvalue weighted by molar-refractivity contribution is 5.84.